The third-order valence-corrected chi connectivity index (χ3v) is 8.94. The molecule has 1 fully saturated rings. The number of ether oxygens (including phenoxy) is 1. The zero-order valence-electron chi connectivity index (χ0n) is 21.5. The van der Waals surface area contributed by atoms with Gasteiger partial charge in [0, 0.05) is 40.8 Å². The van der Waals surface area contributed by atoms with Crippen LogP contribution in [0.3, 0.4) is 0 Å². The van der Waals surface area contributed by atoms with Crippen LogP contribution in [0.25, 0.3) is 0 Å². The minimum atomic E-state index is -1.36. The Bertz CT molecular complexity index is 1700. The summed E-state index contributed by atoms with van der Waals surface area (Å²) in [7, 11) is 1.45. The number of benzene rings is 2. The lowest BCUT2D eigenvalue weighted by molar-refractivity contribution is -0.123. The SMILES string of the molecule is COc1ccc(C2C3=CCC4C(=O)N(c5ccc(C(=O)O)c(O)c5)C(=O)C4C3CC3=C2C(=O)C=C(Br)C3=O)c(O)c1. The van der Waals surface area contributed by atoms with Gasteiger partial charge in [0.15, 0.2) is 11.6 Å². The van der Waals surface area contributed by atoms with Gasteiger partial charge in [0.2, 0.25) is 11.8 Å². The Morgan fingerprint density at radius 2 is 1.76 bits per heavy atom. The molecule has 11 heteroatoms. The number of ketones is 2. The number of Topliss-reactive ketones (excluding diaryl/α,β-unsaturated/α-hetero) is 1. The number of carboxylic acids is 1. The van der Waals surface area contributed by atoms with Crippen molar-refractivity contribution in [3.8, 4) is 17.2 Å². The van der Waals surface area contributed by atoms with Gasteiger partial charge in [-0.1, -0.05) is 17.7 Å². The van der Waals surface area contributed by atoms with Gasteiger partial charge in [0.05, 0.1) is 29.1 Å². The number of halogens is 1. The topological polar surface area (TPSA) is 159 Å². The first-order chi connectivity index (χ1) is 19.5. The first kappa shape index (κ1) is 26.7. The minimum Gasteiger partial charge on any atom is -0.507 e. The summed E-state index contributed by atoms with van der Waals surface area (Å²) < 4.78 is 5.29. The molecule has 2 aromatic rings. The summed E-state index contributed by atoms with van der Waals surface area (Å²) in [6.45, 7) is 0. The van der Waals surface area contributed by atoms with Gasteiger partial charge in [-0.15, -0.1) is 0 Å². The van der Waals surface area contributed by atoms with E-state index in [4.69, 9.17) is 4.74 Å². The second kappa shape index (κ2) is 9.55. The van der Waals surface area contributed by atoms with Gasteiger partial charge in [-0.05, 0) is 52.9 Å². The Morgan fingerprint density at radius 3 is 2.41 bits per heavy atom. The lowest BCUT2D eigenvalue weighted by atomic mass is 9.59. The first-order valence-electron chi connectivity index (χ1n) is 12.7. The number of carbonyl (C=O) groups excluding carboxylic acids is 4. The van der Waals surface area contributed by atoms with E-state index < -0.39 is 58.8 Å². The molecule has 4 unspecified atom stereocenters. The Morgan fingerprint density at radius 1 is 1.00 bits per heavy atom. The van der Waals surface area contributed by atoms with Crippen LogP contribution < -0.4 is 9.64 Å². The molecule has 208 valence electrons. The molecule has 0 spiro atoms. The third-order valence-electron chi connectivity index (χ3n) is 8.35. The van der Waals surface area contributed by atoms with Crippen molar-refractivity contribution >= 4 is 51.0 Å². The minimum absolute atomic E-state index is 0.0353. The lowest BCUT2D eigenvalue weighted by Gasteiger charge is -2.42. The monoisotopic (exact) mass is 619 g/mol. The van der Waals surface area contributed by atoms with Crippen molar-refractivity contribution in [1.29, 1.82) is 0 Å². The van der Waals surface area contributed by atoms with E-state index in [2.05, 4.69) is 15.9 Å². The second-order valence-corrected chi connectivity index (χ2v) is 11.2. The number of imide groups is 1. The summed E-state index contributed by atoms with van der Waals surface area (Å²) in [5.41, 5.74) is 1.13. The third kappa shape index (κ3) is 3.94. The molecule has 2 aromatic carbocycles. The number of methoxy groups -OCH3 is 1. The summed E-state index contributed by atoms with van der Waals surface area (Å²) in [6, 6.07) is 8.13. The maximum Gasteiger partial charge on any atom is 0.339 e. The number of fused-ring (bicyclic) bond motifs is 3. The predicted octanol–water partition coefficient (Wildman–Crippen LogP) is 3.77. The first-order valence-corrected chi connectivity index (χ1v) is 13.5. The van der Waals surface area contributed by atoms with E-state index in [1.165, 1.54) is 25.3 Å². The average Bonchev–Trinajstić information content (AvgIpc) is 3.20. The van der Waals surface area contributed by atoms with E-state index in [1.807, 2.05) is 6.08 Å². The number of hydrogen-bond donors (Lipinski definition) is 3. The smallest absolute Gasteiger partial charge is 0.339 e. The highest BCUT2D eigenvalue weighted by atomic mass is 79.9. The van der Waals surface area contributed by atoms with Gasteiger partial charge < -0.3 is 20.1 Å². The van der Waals surface area contributed by atoms with E-state index in [0.717, 1.165) is 17.0 Å². The van der Waals surface area contributed by atoms with Gasteiger partial charge in [0.25, 0.3) is 0 Å². The molecule has 3 aliphatic carbocycles. The maximum absolute atomic E-state index is 13.9. The number of aromatic carboxylic acids is 1. The molecule has 41 heavy (non-hydrogen) atoms. The van der Waals surface area contributed by atoms with Crippen LogP contribution >= 0.6 is 15.9 Å². The summed E-state index contributed by atoms with van der Waals surface area (Å²) in [4.78, 5) is 66.4. The number of carbonyl (C=O) groups is 5. The highest BCUT2D eigenvalue weighted by Gasteiger charge is 2.57. The van der Waals surface area contributed by atoms with Crippen LogP contribution in [0.5, 0.6) is 17.2 Å². The number of allylic oxidation sites excluding steroid dienone is 6. The standard InChI is InChI=1S/C30H22BrNO9/c1-41-13-3-5-15(22(34)9-13)24-14-6-7-17-25(18(14)10-19-26(24)23(35)11-20(31)27(19)36)29(38)32(28(17)37)12-2-4-16(30(39)40)21(33)8-12/h2-6,8-9,11,17-18,24-25,33-34H,7,10H2,1H3,(H,39,40). The lowest BCUT2D eigenvalue weighted by Crippen LogP contribution is -2.39. The van der Waals surface area contributed by atoms with Crippen molar-refractivity contribution in [1.82, 2.24) is 0 Å². The molecule has 0 radical (unpaired) electrons. The molecular weight excluding hydrogens is 598 g/mol. The Balaban J connectivity index is 1.47. The Hall–Kier alpha value is -4.51. The molecular formula is C30H22BrNO9. The van der Waals surface area contributed by atoms with E-state index in [9.17, 15) is 39.3 Å². The number of amides is 2. The summed E-state index contributed by atoms with van der Waals surface area (Å²) in [6.07, 6.45) is 3.24. The maximum atomic E-state index is 13.9. The number of phenolic OH excluding ortho intramolecular Hbond substituents is 1. The molecule has 6 rings (SSSR count). The summed E-state index contributed by atoms with van der Waals surface area (Å²) in [5.74, 6) is -6.67. The van der Waals surface area contributed by atoms with Crippen LogP contribution in [0.15, 0.2) is 69.8 Å². The molecule has 0 saturated carbocycles. The van der Waals surface area contributed by atoms with E-state index in [0.29, 0.717) is 16.9 Å². The fraction of sp³-hybridized carbons (Fsp3) is 0.233. The van der Waals surface area contributed by atoms with Gasteiger partial charge in [-0.2, -0.15) is 0 Å². The number of aromatic hydroxyl groups is 2. The van der Waals surface area contributed by atoms with Crippen LogP contribution in [-0.4, -0.2) is 51.8 Å². The molecule has 1 heterocycles. The zero-order valence-corrected chi connectivity index (χ0v) is 23.0. The molecule has 0 bridgehead atoms. The van der Waals surface area contributed by atoms with E-state index in [1.54, 1.807) is 12.1 Å². The molecule has 1 saturated heterocycles. The van der Waals surface area contributed by atoms with E-state index >= 15 is 0 Å². The van der Waals surface area contributed by atoms with Crippen LogP contribution in [0.4, 0.5) is 5.69 Å². The number of hydrogen-bond acceptors (Lipinski definition) is 8. The average molecular weight is 620 g/mol. The van der Waals surface area contributed by atoms with Crippen LogP contribution in [0, 0.1) is 17.8 Å². The van der Waals surface area contributed by atoms with Crippen molar-refractivity contribution in [3.05, 3.63) is 80.9 Å². The Kier molecular flexibility index (Phi) is 6.22. The van der Waals surface area contributed by atoms with Gasteiger partial charge in [-0.3, -0.25) is 19.2 Å². The fourth-order valence-corrected chi connectivity index (χ4v) is 7.00. The highest BCUT2D eigenvalue weighted by Crippen LogP contribution is 2.56. The second-order valence-electron chi connectivity index (χ2n) is 10.3. The van der Waals surface area contributed by atoms with Crippen LogP contribution in [-0.2, 0) is 19.2 Å². The number of phenols is 2. The summed E-state index contributed by atoms with van der Waals surface area (Å²) in [5, 5.41) is 30.4. The van der Waals surface area contributed by atoms with Crippen LogP contribution in [0.2, 0.25) is 0 Å². The van der Waals surface area contributed by atoms with Gasteiger partial charge in [0.1, 0.15) is 22.8 Å². The molecule has 3 N–H and O–H groups in total. The largest absolute Gasteiger partial charge is 0.507 e. The molecule has 10 nitrogen and oxygen atoms in total. The molecule has 4 aliphatic rings. The summed E-state index contributed by atoms with van der Waals surface area (Å²) >= 11 is 3.18. The number of carboxylic acid groups (broad SMARTS) is 1. The van der Waals surface area contributed by atoms with Crippen molar-refractivity contribution in [2.24, 2.45) is 17.8 Å². The highest BCUT2D eigenvalue weighted by molar-refractivity contribution is 9.12. The van der Waals surface area contributed by atoms with Crippen LogP contribution in [0.1, 0.15) is 34.7 Å². The van der Waals surface area contributed by atoms with Gasteiger partial charge in [-0.25, -0.2) is 9.69 Å². The predicted molar refractivity (Wildman–Crippen MR) is 147 cm³/mol. The van der Waals surface area contributed by atoms with Gasteiger partial charge >= 0.3 is 5.97 Å². The Labute approximate surface area is 241 Å². The van der Waals surface area contributed by atoms with Crippen molar-refractivity contribution in [3.63, 3.8) is 0 Å². The van der Waals surface area contributed by atoms with E-state index in [-0.39, 0.29) is 45.5 Å². The molecule has 2 amide bonds. The number of rotatable bonds is 4. The molecule has 1 aliphatic heterocycles. The zero-order chi connectivity index (χ0) is 29.3. The quantitative estimate of drug-likeness (QED) is 0.263. The normalized spacial score (nSPS) is 25.4. The number of anilines is 1. The van der Waals surface area contributed by atoms with Crippen molar-refractivity contribution in [2.75, 3.05) is 12.0 Å². The number of nitrogens with zero attached hydrogens (tertiary/aromatic N) is 1. The molecule has 4 atom stereocenters. The van der Waals surface area contributed by atoms with Crippen molar-refractivity contribution < 1.29 is 44.0 Å². The molecule has 0 aromatic heterocycles. The fourth-order valence-electron chi connectivity index (χ4n) is 6.55. The van der Waals surface area contributed by atoms with Crippen molar-refractivity contribution in [2.45, 2.75) is 18.8 Å².